The number of fused-ring (bicyclic) bond motifs is 1. The molecule has 2 unspecified atom stereocenters. The van der Waals surface area contributed by atoms with Gasteiger partial charge in [0.05, 0.1) is 23.3 Å². The largest absolute Gasteiger partial charge is 0.354 e. The molecule has 0 aliphatic heterocycles. The maximum Gasteiger partial charge on any atom is 0.229 e. The molecule has 0 saturated heterocycles. The first-order valence-electron chi connectivity index (χ1n) is 8.86. The Morgan fingerprint density at radius 1 is 1.36 bits per heavy atom. The van der Waals surface area contributed by atoms with Crippen molar-refractivity contribution in [2.45, 2.75) is 38.1 Å². The van der Waals surface area contributed by atoms with Crippen molar-refractivity contribution in [2.24, 2.45) is 7.05 Å². The number of likely N-dealkylation sites (N-methyl/N-ethyl adjacent to an activating group) is 1. The molecule has 1 amide bonds. The quantitative estimate of drug-likeness (QED) is 0.903. The molecule has 6 nitrogen and oxygen atoms in total. The summed E-state index contributed by atoms with van der Waals surface area (Å²) in [5, 5.41) is 11.4. The van der Waals surface area contributed by atoms with E-state index in [1.807, 2.05) is 21.1 Å². The van der Waals surface area contributed by atoms with Crippen molar-refractivity contribution < 1.29 is 4.79 Å². The number of nitrogens with one attached hydrogen (secondary N) is 1. The Bertz CT molecular complexity index is 735. The molecule has 3 rings (SSSR count). The van der Waals surface area contributed by atoms with Gasteiger partial charge >= 0.3 is 0 Å². The molecule has 0 saturated carbocycles. The van der Waals surface area contributed by atoms with Gasteiger partial charge < -0.3 is 10.2 Å². The maximum atomic E-state index is 12.8. The lowest BCUT2D eigenvalue weighted by molar-refractivity contribution is -0.123. The zero-order chi connectivity index (χ0) is 18.0. The van der Waals surface area contributed by atoms with E-state index in [0.29, 0.717) is 6.54 Å². The molecule has 1 aliphatic carbocycles. The summed E-state index contributed by atoms with van der Waals surface area (Å²) < 4.78 is 1.75. The second-order valence-corrected chi connectivity index (χ2v) is 7.13. The minimum absolute atomic E-state index is 0.0744. The van der Waals surface area contributed by atoms with Gasteiger partial charge in [-0.1, -0.05) is 35.0 Å². The summed E-state index contributed by atoms with van der Waals surface area (Å²) in [7, 11) is 5.95. The fraction of sp³-hybridized carbons (Fsp3) is 0.526. The fourth-order valence-electron chi connectivity index (χ4n) is 3.59. The summed E-state index contributed by atoms with van der Waals surface area (Å²) in [6, 6.07) is 8.65. The molecule has 0 spiro atoms. The number of hydrogen-bond donors (Lipinski definition) is 1. The molecule has 2 aromatic rings. The summed E-state index contributed by atoms with van der Waals surface area (Å²) in [6.45, 7) is 2.67. The second-order valence-electron chi connectivity index (χ2n) is 7.13. The Morgan fingerprint density at radius 2 is 2.08 bits per heavy atom. The van der Waals surface area contributed by atoms with Crippen LogP contribution in [-0.2, 0) is 18.3 Å². The predicted molar refractivity (Wildman–Crippen MR) is 97.3 cm³/mol. The van der Waals surface area contributed by atoms with E-state index in [2.05, 4.69) is 51.7 Å². The zero-order valence-corrected chi connectivity index (χ0v) is 15.5. The summed E-state index contributed by atoms with van der Waals surface area (Å²) in [4.78, 5) is 15.0. The fourth-order valence-corrected chi connectivity index (χ4v) is 3.59. The number of hydrogen-bond acceptors (Lipinski definition) is 4. The van der Waals surface area contributed by atoms with Crippen LogP contribution >= 0.6 is 0 Å². The van der Waals surface area contributed by atoms with Gasteiger partial charge in [-0.25, -0.2) is 0 Å². The molecule has 1 aromatic carbocycles. The van der Waals surface area contributed by atoms with Crippen molar-refractivity contribution in [1.82, 2.24) is 25.2 Å². The molecule has 1 aliphatic rings. The average Bonchev–Trinajstić information content (AvgIpc) is 2.97. The number of carbonyl (C=O) groups is 1. The first-order chi connectivity index (χ1) is 12.0. The highest BCUT2D eigenvalue weighted by atomic mass is 16.1. The molecular weight excluding hydrogens is 314 g/mol. The third kappa shape index (κ3) is 3.74. The lowest BCUT2D eigenvalue weighted by atomic mass is 9.89. The third-order valence-corrected chi connectivity index (χ3v) is 5.05. The Hall–Kier alpha value is -2.21. The standard InChI is InChI=1S/C19H27N5O/c1-13-8-10-14(11-9-13)17(23(2)3)12-20-19(25)15-6-5-7-16-18(15)24(4)22-21-16/h8-11,15,17H,5-7,12H2,1-4H3,(H,20,25). The van der Waals surface area contributed by atoms with Gasteiger partial charge in [0.15, 0.2) is 0 Å². The van der Waals surface area contributed by atoms with Crippen molar-refractivity contribution in [1.29, 1.82) is 0 Å². The van der Waals surface area contributed by atoms with E-state index in [1.165, 1.54) is 11.1 Å². The van der Waals surface area contributed by atoms with E-state index in [0.717, 1.165) is 30.7 Å². The van der Waals surface area contributed by atoms with Crippen LogP contribution in [-0.4, -0.2) is 46.4 Å². The zero-order valence-electron chi connectivity index (χ0n) is 15.5. The molecule has 0 fully saturated rings. The van der Waals surface area contributed by atoms with Crippen LogP contribution in [0.2, 0.25) is 0 Å². The van der Waals surface area contributed by atoms with Gasteiger partial charge in [-0.05, 0) is 45.8 Å². The first kappa shape index (κ1) is 17.6. The molecule has 0 bridgehead atoms. The number of rotatable bonds is 5. The van der Waals surface area contributed by atoms with E-state index in [9.17, 15) is 4.79 Å². The highest BCUT2D eigenvalue weighted by Crippen LogP contribution is 2.30. The van der Waals surface area contributed by atoms with Crippen molar-refractivity contribution in [2.75, 3.05) is 20.6 Å². The molecule has 0 radical (unpaired) electrons. The molecule has 1 N–H and O–H groups in total. The Kier molecular flexibility index (Phi) is 5.18. The molecule has 134 valence electrons. The highest BCUT2D eigenvalue weighted by molar-refractivity contribution is 5.83. The minimum atomic E-state index is -0.149. The maximum absolute atomic E-state index is 12.8. The Morgan fingerprint density at radius 3 is 2.76 bits per heavy atom. The number of nitrogens with zero attached hydrogens (tertiary/aromatic N) is 4. The van der Waals surface area contributed by atoms with E-state index in [-0.39, 0.29) is 17.9 Å². The van der Waals surface area contributed by atoms with E-state index in [4.69, 9.17) is 0 Å². The van der Waals surface area contributed by atoms with Crippen LogP contribution in [0.25, 0.3) is 0 Å². The van der Waals surface area contributed by atoms with E-state index >= 15 is 0 Å². The number of aromatic nitrogens is 3. The average molecular weight is 341 g/mol. The van der Waals surface area contributed by atoms with Crippen LogP contribution in [0.5, 0.6) is 0 Å². The van der Waals surface area contributed by atoms with Gasteiger partial charge in [-0.2, -0.15) is 0 Å². The Balaban J connectivity index is 1.70. The number of amides is 1. The SMILES string of the molecule is Cc1ccc(C(CNC(=O)C2CCCc3nnn(C)c32)N(C)C)cc1. The van der Waals surface area contributed by atoms with Crippen LogP contribution < -0.4 is 5.32 Å². The summed E-state index contributed by atoms with van der Waals surface area (Å²) in [5.74, 6) is -0.0742. The van der Waals surface area contributed by atoms with E-state index in [1.54, 1.807) is 4.68 Å². The van der Waals surface area contributed by atoms with Gasteiger partial charge in [0, 0.05) is 13.6 Å². The minimum Gasteiger partial charge on any atom is -0.354 e. The van der Waals surface area contributed by atoms with Crippen molar-refractivity contribution >= 4 is 5.91 Å². The number of aryl methyl sites for hydroxylation is 3. The molecule has 6 heteroatoms. The first-order valence-corrected chi connectivity index (χ1v) is 8.86. The van der Waals surface area contributed by atoms with Crippen LogP contribution in [0.1, 0.15) is 47.3 Å². The van der Waals surface area contributed by atoms with Crippen LogP contribution in [0, 0.1) is 6.92 Å². The van der Waals surface area contributed by atoms with Crippen molar-refractivity contribution in [3.63, 3.8) is 0 Å². The summed E-state index contributed by atoms with van der Waals surface area (Å²) in [5.41, 5.74) is 4.39. The van der Waals surface area contributed by atoms with Gasteiger partial charge in [0.25, 0.3) is 0 Å². The molecule has 1 heterocycles. The monoisotopic (exact) mass is 341 g/mol. The normalized spacial score (nSPS) is 18.0. The smallest absolute Gasteiger partial charge is 0.229 e. The third-order valence-electron chi connectivity index (χ3n) is 5.05. The summed E-state index contributed by atoms with van der Waals surface area (Å²) >= 11 is 0. The van der Waals surface area contributed by atoms with Gasteiger partial charge in [-0.15, -0.1) is 5.10 Å². The summed E-state index contributed by atoms with van der Waals surface area (Å²) in [6.07, 6.45) is 2.76. The lowest BCUT2D eigenvalue weighted by Crippen LogP contribution is -2.38. The lowest BCUT2D eigenvalue weighted by Gasteiger charge is -2.27. The van der Waals surface area contributed by atoms with Crippen LogP contribution in [0.15, 0.2) is 24.3 Å². The van der Waals surface area contributed by atoms with Gasteiger partial charge in [0.1, 0.15) is 0 Å². The van der Waals surface area contributed by atoms with Crippen molar-refractivity contribution in [3.05, 3.63) is 46.8 Å². The number of carbonyl (C=O) groups excluding carboxylic acids is 1. The highest BCUT2D eigenvalue weighted by Gasteiger charge is 2.31. The van der Waals surface area contributed by atoms with Crippen LogP contribution in [0.4, 0.5) is 0 Å². The van der Waals surface area contributed by atoms with Crippen LogP contribution in [0.3, 0.4) is 0 Å². The molecule has 25 heavy (non-hydrogen) atoms. The second kappa shape index (κ2) is 7.35. The topological polar surface area (TPSA) is 63.1 Å². The predicted octanol–water partition coefficient (Wildman–Crippen LogP) is 1.96. The Labute approximate surface area is 149 Å². The molecule has 2 atom stereocenters. The molecule has 1 aromatic heterocycles. The van der Waals surface area contributed by atoms with E-state index < -0.39 is 0 Å². The number of benzene rings is 1. The van der Waals surface area contributed by atoms with Crippen molar-refractivity contribution in [3.8, 4) is 0 Å². The molecular formula is C19H27N5O. The van der Waals surface area contributed by atoms with Gasteiger partial charge in [-0.3, -0.25) is 9.48 Å². The van der Waals surface area contributed by atoms with Gasteiger partial charge in [0.2, 0.25) is 5.91 Å².